The van der Waals surface area contributed by atoms with E-state index < -0.39 is 34.4 Å². The van der Waals surface area contributed by atoms with Gasteiger partial charge in [-0.3, -0.25) is 0 Å². The van der Waals surface area contributed by atoms with Crippen molar-refractivity contribution in [3.63, 3.8) is 0 Å². The summed E-state index contributed by atoms with van der Waals surface area (Å²) in [7, 11) is 0. The van der Waals surface area contributed by atoms with Crippen molar-refractivity contribution in [1.82, 2.24) is 0 Å². The summed E-state index contributed by atoms with van der Waals surface area (Å²) in [5.74, 6) is 10.5. The van der Waals surface area contributed by atoms with Crippen molar-refractivity contribution in [2.24, 2.45) is 107 Å². The van der Waals surface area contributed by atoms with Crippen LogP contribution in [0.5, 0.6) is 0 Å². The Hall–Kier alpha value is -9.79. The molecule has 0 saturated heterocycles. The van der Waals surface area contributed by atoms with Crippen LogP contribution in [0.15, 0.2) is 141 Å². The SMILES string of the molecule is C/C=C/CCC1CCC(C2CCc3c(cc(F)c(C#N)c3F)C2)CC1.C/C=C/CCC1CCC(C2CCc3c(ccc(C#N)c3F)C2)CC1.C/C=C/CCC1CCC(C2CCc3cc(C#N)c(F)cc3C2)CC1.C/C=C/CCC1CCC(C2CCc3cc(C#N)ccc3C2)CC1.C=CCCC1CCC(C2CCc3c(cc(F)c(C#N)c3F)C2)CC1.C=CCCC1CCC(C2CCc3cc(C#N)c(F)cc3C2)CC1. The maximum absolute atomic E-state index is 14.3. The lowest BCUT2D eigenvalue weighted by Gasteiger charge is -2.36. The van der Waals surface area contributed by atoms with E-state index in [0.29, 0.717) is 65.4 Å². The quantitative estimate of drug-likeness (QED) is 0.0436. The van der Waals surface area contributed by atoms with Gasteiger partial charge in [-0.05, 0) is 525 Å². The minimum atomic E-state index is -0.706. The average Bonchev–Trinajstić information content (AvgIpc) is 0.788. The van der Waals surface area contributed by atoms with E-state index in [0.717, 1.165) is 188 Å². The Morgan fingerprint density at radius 1 is 0.245 bits per heavy atom. The predicted molar refractivity (Wildman–Crippen MR) is 567 cm³/mol. The van der Waals surface area contributed by atoms with E-state index in [9.17, 15) is 30.7 Å². The molecule has 6 aromatic carbocycles. The number of hydrogen-bond donors (Lipinski definition) is 0. The van der Waals surface area contributed by atoms with Crippen LogP contribution in [0.1, 0.15) is 398 Å². The number of fused-ring (bicyclic) bond motifs is 6. The summed E-state index contributed by atoms with van der Waals surface area (Å²) < 4.78 is 98.5. The Morgan fingerprint density at radius 3 is 0.804 bits per heavy atom. The van der Waals surface area contributed by atoms with Crippen LogP contribution in [0.2, 0.25) is 0 Å². The molecule has 0 spiro atoms. The van der Waals surface area contributed by atoms with Crippen LogP contribution in [0.3, 0.4) is 0 Å². The lowest BCUT2D eigenvalue weighted by molar-refractivity contribution is 0.184. The molecule has 0 amide bonds. The number of hydrogen-bond acceptors (Lipinski definition) is 6. The van der Waals surface area contributed by atoms with Crippen LogP contribution in [-0.2, 0) is 77.0 Å². The fourth-order valence-corrected chi connectivity index (χ4v) is 28.3. The highest BCUT2D eigenvalue weighted by Crippen LogP contribution is 2.50. The van der Waals surface area contributed by atoms with E-state index in [1.807, 2.05) is 42.5 Å². The van der Waals surface area contributed by atoms with E-state index in [2.05, 4.69) is 108 Å². The van der Waals surface area contributed by atoms with Crippen molar-refractivity contribution in [3.8, 4) is 36.4 Å². The van der Waals surface area contributed by atoms with Crippen molar-refractivity contribution >= 4 is 0 Å². The van der Waals surface area contributed by atoms with Gasteiger partial charge in [-0.15, -0.1) is 13.2 Å². The average molecular weight is 1940 g/mol. The van der Waals surface area contributed by atoms with Gasteiger partial charge >= 0.3 is 0 Å². The third-order valence-corrected chi connectivity index (χ3v) is 37.0. The van der Waals surface area contributed by atoms with Gasteiger partial charge in [0.05, 0.1) is 28.3 Å². The van der Waals surface area contributed by atoms with Crippen molar-refractivity contribution in [3.05, 3.63) is 282 Å². The van der Waals surface area contributed by atoms with Crippen LogP contribution in [0.4, 0.5) is 30.7 Å². The Labute approximate surface area is 855 Å². The molecule has 6 nitrogen and oxygen atoms in total. The van der Waals surface area contributed by atoms with Gasteiger partial charge in [0.25, 0.3) is 0 Å². The molecule has 6 unspecified atom stereocenters. The van der Waals surface area contributed by atoms with Crippen molar-refractivity contribution in [1.29, 1.82) is 31.6 Å². The normalized spacial score (nSPS) is 26.9. The van der Waals surface area contributed by atoms with Gasteiger partial charge < -0.3 is 0 Å². The molecular weight excluding hydrogens is 1780 g/mol. The lowest BCUT2D eigenvalue weighted by atomic mass is 9.69. The molecule has 6 fully saturated rings. The van der Waals surface area contributed by atoms with E-state index in [-0.39, 0.29) is 34.1 Å². The first-order chi connectivity index (χ1) is 69.7. The zero-order valence-electron chi connectivity index (χ0n) is 86.9. The number of aryl methyl sites for hydroxylation is 3. The summed E-state index contributed by atoms with van der Waals surface area (Å²) in [6, 6.07) is 31.1. The number of nitriles is 6. The molecule has 12 aliphatic carbocycles. The van der Waals surface area contributed by atoms with Gasteiger partial charge in [0.2, 0.25) is 0 Å². The topological polar surface area (TPSA) is 143 Å². The lowest BCUT2D eigenvalue weighted by Crippen LogP contribution is -2.27. The third kappa shape index (κ3) is 30.7. The van der Waals surface area contributed by atoms with Gasteiger partial charge in [0, 0.05) is 0 Å². The predicted octanol–water partition coefficient (Wildman–Crippen LogP) is 35.1. The number of halogens is 7. The molecular formula is C130H163F7N6. The molecule has 6 atom stereocenters. The van der Waals surface area contributed by atoms with Crippen molar-refractivity contribution < 1.29 is 30.7 Å². The highest BCUT2D eigenvalue weighted by atomic mass is 19.2. The Bertz CT molecular complexity index is 5490. The highest BCUT2D eigenvalue weighted by molar-refractivity contribution is 5.47. The molecule has 6 aromatic rings. The van der Waals surface area contributed by atoms with Gasteiger partial charge in [0.15, 0.2) is 0 Å². The molecule has 13 heteroatoms. The van der Waals surface area contributed by atoms with Crippen LogP contribution in [0, 0.1) is 215 Å². The molecule has 0 heterocycles. The maximum Gasteiger partial charge on any atom is 0.147 e. The zero-order valence-corrected chi connectivity index (χ0v) is 86.9. The second-order valence-electron chi connectivity index (χ2n) is 45.3. The standard InChI is InChI=1S/C22H27F2N.2C22H28FN.C22H29N.C21H25F2N.C21H26FN/c1-2-3-4-5-15-6-8-16(9-7-15)17-10-11-19-18(12-17)13-21(23)20(14-25)22(19)24;1-2-3-4-5-16-6-8-17(9-7-16)18-10-11-19-13-21(15-24)22(23)14-20(19)12-18;1-2-3-4-5-16-6-8-17(9-7-16)18-12-13-21-19(14-18)10-11-20(15-24)22(21)23;1-2-3-4-5-17-6-9-19(10-7-17)21-13-12-20-14-18(16-23)8-11-22(20)15-21;1-2-3-4-14-5-7-15(8-6-14)16-9-10-18-17(11-16)12-20(22)19(13-24)21(18)23;1-2-3-4-15-5-7-16(8-6-15)17-9-10-18-12-20(14-23)21(22)13-19(18)11-17/h2-3,13,15-17H,4-12H2,1H3;2-3,13-14,16-18H,4-12H2,1H3;2-3,10-11,16-18H,4-9,12-14H2,1H3;2-3,8,11,14,17,19,21H,4-7,9-10,12-13,15H2,1H3;2,12,14-16H,1,3-11H2;2,12-13,15-17H,1,3-11H2/b4*3-2+;;. The fourth-order valence-electron chi connectivity index (χ4n) is 28.3. The van der Waals surface area contributed by atoms with Crippen LogP contribution >= 0.6 is 0 Å². The number of rotatable bonds is 24. The van der Waals surface area contributed by atoms with Gasteiger partial charge in [-0.2, -0.15) is 31.6 Å². The molecule has 0 N–H and O–H groups in total. The summed E-state index contributed by atoms with van der Waals surface area (Å²) >= 11 is 0. The number of nitrogens with zero attached hydrogens (tertiary/aromatic N) is 6. The van der Waals surface area contributed by atoms with Crippen molar-refractivity contribution in [2.45, 2.75) is 374 Å². The molecule has 18 rings (SSSR count). The molecule has 0 aromatic heterocycles. The molecule has 762 valence electrons. The molecule has 0 radical (unpaired) electrons. The summed E-state index contributed by atoms with van der Waals surface area (Å²) in [5.41, 5.74) is 12.9. The molecule has 12 aliphatic rings. The second kappa shape index (κ2) is 56.8. The Balaban J connectivity index is 0.000000144. The summed E-state index contributed by atoms with van der Waals surface area (Å²) in [5, 5.41) is 53.8. The fraction of sp³-hybridized carbons (Fsp3) is 0.585. The zero-order chi connectivity index (χ0) is 101. The molecule has 6 saturated carbocycles. The first-order valence-electron chi connectivity index (χ1n) is 56.3. The highest BCUT2D eigenvalue weighted by Gasteiger charge is 2.40. The number of benzene rings is 6. The molecule has 0 aliphatic heterocycles. The van der Waals surface area contributed by atoms with Crippen LogP contribution in [-0.4, -0.2) is 0 Å². The molecule has 143 heavy (non-hydrogen) atoms. The van der Waals surface area contributed by atoms with Gasteiger partial charge in [0.1, 0.15) is 82.2 Å². The number of allylic oxidation sites excluding steroid dienone is 10. The monoisotopic (exact) mass is 1940 g/mol. The molecule has 0 bridgehead atoms. The van der Waals surface area contributed by atoms with Gasteiger partial charge in [-0.25, -0.2) is 30.7 Å². The first kappa shape index (κ1) is 110. The summed E-state index contributed by atoms with van der Waals surface area (Å²) in [6.45, 7) is 16.0. The third-order valence-electron chi connectivity index (χ3n) is 37.0. The summed E-state index contributed by atoms with van der Waals surface area (Å²) in [4.78, 5) is 0. The second-order valence-corrected chi connectivity index (χ2v) is 45.3. The van der Waals surface area contributed by atoms with E-state index in [4.69, 9.17) is 31.6 Å². The van der Waals surface area contributed by atoms with E-state index in [1.54, 1.807) is 42.5 Å². The smallest absolute Gasteiger partial charge is 0.147 e. The Kier molecular flexibility index (Phi) is 43.8. The maximum atomic E-state index is 14.3. The largest absolute Gasteiger partial charge is 0.206 e. The Morgan fingerprint density at radius 2 is 0.510 bits per heavy atom. The summed E-state index contributed by atoms with van der Waals surface area (Å²) in [6.07, 6.45) is 86.8. The van der Waals surface area contributed by atoms with Crippen LogP contribution in [0.25, 0.3) is 0 Å². The minimum absolute atomic E-state index is 0.199. The van der Waals surface area contributed by atoms with E-state index in [1.165, 1.54) is 285 Å². The van der Waals surface area contributed by atoms with E-state index >= 15 is 0 Å². The van der Waals surface area contributed by atoms with Crippen LogP contribution < -0.4 is 0 Å². The first-order valence-corrected chi connectivity index (χ1v) is 56.3. The minimum Gasteiger partial charge on any atom is -0.206 e. The van der Waals surface area contributed by atoms with Gasteiger partial charge in [-0.1, -0.05) is 150 Å². The van der Waals surface area contributed by atoms with Crippen molar-refractivity contribution in [2.75, 3.05) is 0 Å².